The number of nitrogens with one attached hydrogen (secondary N) is 1. The van der Waals surface area contributed by atoms with Gasteiger partial charge < -0.3 is 4.74 Å². The molecule has 0 radical (unpaired) electrons. The molecule has 1 atom stereocenters. The zero-order valence-corrected chi connectivity index (χ0v) is 12.1. The summed E-state index contributed by atoms with van der Waals surface area (Å²) in [5.41, 5.74) is 3.23. The van der Waals surface area contributed by atoms with Crippen molar-refractivity contribution in [3.8, 4) is 12.3 Å². The van der Waals surface area contributed by atoms with Gasteiger partial charge in [-0.3, -0.25) is 11.3 Å². The Labute approximate surface area is 112 Å². The minimum Gasteiger partial charge on any atom is -0.374 e. The zero-order chi connectivity index (χ0) is 13.6. The molecular weight excluding hydrogens is 224 g/mol. The maximum absolute atomic E-state index is 6.10. The van der Waals surface area contributed by atoms with Gasteiger partial charge in [-0.05, 0) is 44.4 Å². The van der Waals surface area contributed by atoms with Gasteiger partial charge in [0, 0.05) is 13.0 Å². The summed E-state index contributed by atoms with van der Waals surface area (Å²) in [4.78, 5) is 0. The van der Waals surface area contributed by atoms with Gasteiger partial charge in [-0.15, -0.1) is 12.3 Å². The molecule has 104 valence electrons. The number of hydrogen-bond donors (Lipinski definition) is 2. The molecule has 0 bridgehead atoms. The summed E-state index contributed by atoms with van der Waals surface area (Å²) in [7, 11) is 0. The third-order valence-electron chi connectivity index (χ3n) is 4.30. The standard InChI is InChI=1S/C15H28N2O/c1-5-7-8-13(17-16)15(18-6-2)11-9-14(3,4)10-12-15/h1,13,17H,6-12,16H2,2-4H3. The maximum Gasteiger partial charge on any atom is 0.0848 e. The van der Waals surface area contributed by atoms with E-state index >= 15 is 0 Å². The molecule has 0 saturated heterocycles. The van der Waals surface area contributed by atoms with E-state index in [-0.39, 0.29) is 11.6 Å². The van der Waals surface area contributed by atoms with Crippen LogP contribution in [0, 0.1) is 17.8 Å². The Morgan fingerprint density at radius 1 is 1.33 bits per heavy atom. The molecule has 0 aliphatic heterocycles. The van der Waals surface area contributed by atoms with Crippen LogP contribution in [0.4, 0.5) is 0 Å². The van der Waals surface area contributed by atoms with E-state index < -0.39 is 0 Å². The lowest BCUT2D eigenvalue weighted by molar-refractivity contribution is -0.107. The van der Waals surface area contributed by atoms with Crippen LogP contribution in [0.25, 0.3) is 0 Å². The van der Waals surface area contributed by atoms with Crippen molar-refractivity contribution in [2.75, 3.05) is 6.61 Å². The van der Waals surface area contributed by atoms with Crippen LogP contribution < -0.4 is 11.3 Å². The van der Waals surface area contributed by atoms with E-state index in [1.165, 1.54) is 12.8 Å². The van der Waals surface area contributed by atoms with E-state index in [0.29, 0.717) is 5.41 Å². The SMILES string of the molecule is C#CCCC(NN)C1(OCC)CCC(C)(C)CC1. The van der Waals surface area contributed by atoms with E-state index in [1.54, 1.807) is 0 Å². The van der Waals surface area contributed by atoms with Gasteiger partial charge in [0.05, 0.1) is 11.6 Å². The highest BCUT2D eigenvalue weighted by Crippen LogP contribution is 2.44. The average Bonchev–Trinajstić information content (AvgIpc) is 2.34. The van der Waals surface area contributed by atoms with Crippen LogP contribution in [0.3, 0.4) is 0 Å². The molecule has 1 rings (SSSR count). The lowest BCUT2D eigenvalue weighted by Crippen LogP contribution is -2.57. The van der Waals surface area contributed by atoms with Gasteiger partial charge in [0.15, 0.2) is 0 Å². The van der Waals surface area contributed by atoms with E-state index in [0.717, 1.165) is 32.3 Å². The first kappa shape index (κ1) is 15.5. The highest BCUT2D eigenvalue weighted by atomic mass is 16.5. The molecule has 1 fully saturated rings. The van der Waals surface area contributed by atoms with Crippen LogP contribution in [-0.4, -0.2) is 18.2 Å². The Bertz CT molecular complexity index is 283. The van der Waals surface area contributed by atoms with E-state index in [1.807, 2.05) is 0 Å². The molecular formula is C15H28N2O. The fourth-order valence-electron chi connectivity index (χ4n) is 2.96. The van der Waals surface area contributed by atoms with Gasteiger partial charge in [0.1, 0.15) is 0 Å². The summed E-state index contributed by atoms with van der Waals surface area (Å²) in [6.45, 7) is 7.44. The molecule has 3 N–H and O–H groups in total. The summed E-state index contributed by atoms with van der Waals surface area (Å²) >= 11 is 0. The number of terminal acetylenes is 1. The molecule has 1 saturated carbocycles. The molecule has 0 aromatic rings. The molecule has 1 aliphatic rings. The second-order valence-corrected chi connectivity index (χ2v) is 6.12. The highest BCUT2D eigenvalue weighted by Gasteiger charge is 2.44. The van der Waals surface area contributed by atoms with Crippen LogP contribution in [0.15, 0.2) is 0 Å². The lowest BCUT2D eigenvalue weighted by atomic mass is 9.68. The third kappa shape index (κ3) is 3.71. The summed E-state index contributed by atoms with van der Waals surface area (Å²) in [6, 6.07) is 0.157. The Morgan fingerprint density at radius 3 is 2.39 bits per heavy atom. The Balaban J connectivity index is 2.76. The fourth-order valence-corrected chi connectivity index (χ4v) is 2.96. The largest absolute Gasteiger partial charge is 0.374 e. The van der Waals surface area contributed by atoms with Gasteiger partial charge in [-0.1, -0.05) is 13.8 Å². The number of ether oxygens (including phenoxy) is 1. The monoisotopic (exact) mass is 252 g/mol. The lowest BCUT2D eigenvalue weighted by Gasteiger charge is -2.47. The van der Waals surface area contributed by atoms with Crippen molar-refractivity contribution in [3.63, 3.8) is 0 Å². The summed E-state index contributed by atoms with van der Waals surface area (Å²) < 4.78 is 6.10. The maximum atomic E-state index is 6.10. The second-order valence-electron chi connectivity index (χ2n) is 6.12. The third-order valence-corrected chi connectivity index (χ3v) is 4.30. The molecule has 3 heteroatoms. The topological polar surface area (TPSA) is 47.3 Å². The van der Waals surface area contributed by atoms with Crippen molar-refractivity contribution in [3.05, 3.63) is 0 Å². The van der Waals surface area contributed by atoms with Crippen LogP contribution in [0.1, 0.15) is 59.3 Å². The number of nitrogens with two attached hydrogens (primary N) is 1. The van der Waals surface area contributed by atoms with E-state index in [2.05, 4.69) is 32.1 Å². The summed E-state index contributed by atoms with van der Waals surface area (Å²) in [5, 5.41) is 0. The quantitative estimate of drug-likeness (QED) is 0.434. The first-order valence-electron chi connectivity index (χ1n) is 7.03. The molecule has 0 spiro atoms. The Morgan fingerprint density at radius 2 is 1.94 bits per heavy atom. The van der Waals surface area contributed by atoms with Crippen molar-refractivity contribution < 1.29 is 4.74 Å². The summed E-state index contributed by atoms with van der Waals surface area (Å²) in [5.74, 6) is 8.42. The number of hydrazine groups is 1. The normalized spacial score (nSPS) is 23.3. The van der Waals surface area contributed by atoms with Crippen molar-refractivity contribution in [2.45, 2.75) is 70.9 Å². The Kier molecular flexibility index (Phi) is 5.65. The molecule has 0 aromatic carbocycles. The summed E-state index contributed by atoms with van der Waals surface area (Å²) in [6.07, 6.45) is 11.5. The van der Waals surface area contributed by atoms with Crippen molar-refractivity contribution in [1.29, 1.82) is 0 Å². The van der Waals surface area contributed by atoms with Gasteiger partial charge in [-0.2, -0.15) is 0 Å². The average molecular weight is 252 g/mol. The highest BCUT2D eigenvalue weighted by molar-refractivity contribution is 5.00. The van der Waals surface area contributed by atoms with Crippen molar-refractivity contribution in [1.82, 2.24) is 5.43 Å². The van der Waals surface area contributed by atoms with Crippen LogP contribution >= 0.6 is 0 Å². The number of hydrogen-bond acceptors (Lipinski definition) is 3. The van der Waals surface area contributed by atoms with Crippen LogP contribution in [0.5, 0.6) is 0 Å². The van der Waals surface area contributed by atoms with Gasteiger partial charge in [0.2, 0.25) is 0 Å². The molecule has 18 heavy (non-hydrogen) atoms. The molecule has 1 unspecified atom stereocenters. The predicted octanol–water partition coefficient (Wildman–Crippen LogP) is 2.61. The zero-order valence-electron chi connectivity index (χ0n) is 12.1. The molecule has 1 aliphatic carbocycles. The van der Waals surface area contributed by atoms with E-state index in [4.69, 9.17) is 17.0 Å². The van der Waals surface area contributed by atoms with Crippen molar-refractivity contribution >= 4 is 0 Å². The van der Waals surface area contributed by atoms with Crippen LogP contribution in [0.2, 0.25) is 0 Å². The molecule has 3 nitrogen and oxygen atoms in total. The van der Waals surface area contributed by atoms with Crippen LogP contribution in [-0.2, 0) is 4.74 Å². The van der Waals surface area contributed by atoms with Gasteiger partial charge >= 0.3 is 0 Å². The first-order valence-corrected chi connectivity index (χ1v) is 7.03. The predicted molar refractivity (Wildman–Crippen MR) is 75.8 cm³/mol. The van der Waals surface area contributed by atoms with Gasteiger partial charge in [0.25, 0.3) is 0 Å². The molecule has 0 amide bonds. The first-order chi connectivity index (χ1) is 8.49. The van der Waals surface area contributed by atoms with Crippen molar-refractivity contribution in [2.24, 2.45) is 11.3 Å². The second kappa shape index (κ2) is 6.56. The Hall–Kier alpha value is -0.560. The molecule has 0 aromatic heterocycles. The minimum absolute atomic E-state index is 0.129. The number of rotatable bonds is 6. The van der Waals surface area contributed by atoms with Gasteiger partial charge in [-0.25, -0.2) is 0 Å². The molecule has 0 heterocycles. The smallest absolute Gasteiger partial charge is 0.0848 e. The van der Waals surface area contributed by atoms with E-state index in [9.17, 15) is 0 Å². The minimum atomic E-state index is -0.129. The fraction of sp³-hybridized carbons (Fsp3) is 0.867.